The smallest absolute Gasteiger partial charge is 0.303 e. The lowest BCUT2D eigenvalue weighted by Crippen LogP contribution is -2.00. The van der Waals surface area contributed by atoms with Crippen molar-refractivity contribution in [2.75, 3.05) is 0 Å². The first-order valence-corrected chi connectivity index (χ1v) is 9.01. The van der Waals surface area contributed by atoms with Gasteiger partial charge in [-0.25, -0.2) is 4.98 Å². The van der Waals surface area contributed by atoms with Crippen LogP contribution >= 0.6 is 0 Å². The average Bonchev–Trinajstić information content (AvgIpc) is 2.71. The molecule has 5 heteroatoms. The van der Waals surface area contributed by atoms with Gasteiger partial charge in [0.2, 0.25) is 0 Å². The van der Waals surface area contributed by atoms with Gasteiger partial charge in [-0.15, -0.1) is 0 Å². The Labute approximate surface area is 158 Å². The molecule has 5 nitrogen and oxygen atoms in total. The molecule has 0 amide bonds. The summed E-state index contributed by atoms with van der Waals surface area (Å²) in [7, 11) is 0. The quantitative estimate of drug-likeness (QED) is 0.567. The van der Waals surface area contributed by atoms with Crippen LogP contribution in [0.2, 0.25) is 0 Å². The van der Waals surface area contributed by atoms with E-state index in [0.29, 0.717) is 13.0 Å². The Morgan fingerprint density at radius 3 is 2.48 bits per heavy atom. The zero-order chi connectivity index (χ0) is 18.9. The van der Waals surface area contributed by atoms with E-state index in [1.807, 2.05) is 60.7 Å². The minimum Gasteiger partial charge on any atom is -0.487 e. The first-order chi connectivity index (χ1) is 13.2. The van der Waals surface area contributed by atoms with Gasteiger partial charge < -0.3 is 9.84 Å². The number of hydrogen-bond acceptors (Lipinski definition) is 4. The Kier molecular flexibility index (Phi) is 6.52. The maximum absolute atomic E-state index is 10.5. The fourth-order valence-corrected chi connectivity index (χ4v) is 2.73. The van der Waals surface area contributed by atoms with Crippen molar-refractivity contribution in [2.24, 2.45) is 0 Å². The average molecular weight is 362 g/mol. The molecule has 0 spiro atoms. The second-order valence-electron chi connectivity index (χ2n) is 6.26. The molecule has 0 fully saturated rings. The van der Waals surface area contributed by atoms with Crippen LogP contribution in [0, 0.1) is 0 Å². The number of aromatic nitrogens is 2. The minimum atomic E-state index is -0.737. The van der Waals surface area contributed by atoms with Crippen molar-refractivity contribution in [3.8, 4) is 17.1 Å². The number of aliphatic carboxylic acids is 1. The molecule has 2 aromatic heterocycles. The van der Waals surface area contributed by atoms with Crippen LogP contribution in [0.5, 0.6) is 5.75 Å². The van der Waals surface area contributed by atoms with Crippen LogP contribution < -0.4 is 4.74 Å². The molecule has 3 aromatic rings. The van der Waals surface area contributed by atoms with Crippen LogP contribution in [0.3, 0.4) is 0 Å². The first-order valence-electron chi connectivity index (χ1n) is 9.01. The fraction of sp³-hybridized carbons (Fsp3) is 0.227. The molecule has 3 rings (SSSR count). The van der Waals surface area contributed by atoms with Crippen molar-refractivity contribution in [1.82, 2.24) is 9.97 Å². The summed E-state index contributed by atoms with van der Waals surface area (Å²) in [6.07, 6.45) is 4.43. The molecule has 138 valence electrons. The van der Waals surface area contributed by atoms with Crippen molar-refractivity contribution < 1.29 is 14.6 Å². The van der Waals surface area contributed by atoms with E-state index in [-0.39, 0.29) is 6.42 Å². The SMILES string of the molecule is O=C(O)CCCCc1ccc(OCc2cccc(-c3ccccn3)n2)cc1. The van der Waals surface area contributed by atoms with E-state index in [1.165, 1.54) is 5.56 Å². The highest BCUT2D eigenvalue weighted by Crippen LogP contribution is 2.17. The van der Waals surface area contributed by atoms with Gasteiger partial charge in [-0.2, -0.15) is 0 Å². The number of aryl methyl sites for hydroxylation is 1. The topological polar surface area (TPSA) is 72.3 Å². The number of nitrogens with zero attached hydrogens (tertiary/aromatic N) is 2. The standard InChI is InChI=1S/C22H22N2O3/c25-22(26)10-2-1-6-17-11-13-19(14-12-17)27-16-18-7-5-9-21(24-18)20-8-3-4-15-23-20/h3-5,7-9,11-15H,1-2,6,10,16H2,(H,25,26). The largest absolute Gasteiger partial charge is 0.487 e. The molecule has 0 bridgehead atoms. The Hall–Kier alpha value is -3.21. The van der Waals surface area contributed by atoms with Crippen molar-refractivity contribution >= 4 is 5.97 Å². The number of unbranched alkanes of at least 4 members (excludes halogenated alkanes) is 1. The Morgan fingerprint density at radius 2 is 1.74 bits per heavy atom. The number of carbonyl (C=O) groups is 1. The van der Waals surface area contributed by atoms with Crippen LogP contribution in [0.1, 0.15) is 30.5 Å². The third-order valence-electron chi connectivity index (χ3n) is 4.15. The van der Waals surface area contributed by atoms with Gasteiger partial charge in [-0.1, -0.05) is 24.3 Å². The molecule has 27 heavy (non-hydrogen) atoms. The van der Waals surface area contributed by atoms with Crippen LogP contribution in [-0.2, 0) is 17.8 Å². The van der Waals surface area contributed by atoms with E-state index >= 15 is 0 Å². The molecule has 0 aliphatic heterocycles. The van der Waals surface area contributed by atoms with E-state index in [0.717, 1.165) is 35.7 Å². The molecule has 0 unspecified atom stereocenters. The monoisotopic (exact) mass is 362 g/mol. The van der Waals surface area contributed by atoms with E-state index in [2.05, 4.69) is 9.97 Å². The van der Waals surface area contributed by atoms with Crippen molar-refractivity contribution in [1.29, 1.82) is 0 Å². The third kappa shape index (κ3) is 5.92. The summed E-state index contributed by atoms with van der Waals surface area (Å²) >= 11 is 0. The molecule has 0 aliphatic carbocycles. The third-order valence-corrected chi connectivity index (χ3v) is 4.15. The van der Waals surface area contributed by atoms with E-state index in [9.17, 15) is 4.79 Å². The molecule has 1 N–H and O–H groups in total. The van der Waals surface area contributed by atoms with Gasteiger partial charge in [0.05, 0.1) is 17.1 Å². The molecule has 0 atom stereocenters. The normalized spacial score (nSPS) is 10.5. The number of hydrogen-bond donors (Lipinski definition) is 1. The molecule has 1 aromatic carbocycles. The number of rotatable bonds is 9. The first kappa shape index (κ1) is 18.6. The van der Waals surface area contributed by atoms with E-state index in [4.69, 9.17) is 9.84 Å². The van der Waals surface area contributed by atoms with Gasteiger partial charge in [0.25, 0.3) is 0 Å². The van der Waals surface area contributed by atoms with Crippen molar-refractivity contribution in [3.05, 3.63) is 78.1 Å². The molecule has 0 radical (unpaired) electrons. The summed E-state index contributed by atoms with van der Waals surface area (Å²) in [6, 6.07) is 19.5. The highest BCUT2D eigenvalue weighted by atomic mass is 16.5. The molecule has 0 saturated carbocycles. The van der Waals surface area contributed by atoms with Gasteiger partial charge in [-0.05, 0) is 61.2 Å². The van der Waals surface area contributed by atoms with Gasteiger partial charge >= 0.3 is 5.97 Å². The van der Waals surface area contributed by atoms with E-state index in [1.54, 1.807) is 6.20 Å². The maximum atomic E-state index is 10.5. The van der Waals surface area contributed by atoms with E-state index < -0.39 is 5.97 Å². The second-order valence-corrected chi connectivity index (χ2v) is 6.26. The Morgan fingerprint density at radius 1 is 0.926 bits per heavy atom. The van der Waals surface area contributed by atoms with Crippen LogP contribution in [-0.4, -0.2) is 21.0 Å². The number of ether oxygens (including phenoxy) is 1. The number of benzene rings is 1. The zero-order valence-electron chi connectivity index (χ0n) is 15.0. The number of pyridine rings is 2. The van der Waals surface area contributed by atoms with Gasteiger partial charge in [0, 0.05) is 12.6 Å². The highest BCUT2D eigenvalue weighted by molar-refractivity contribution is 5.66. The molecule has 2 heterocycles. The maximum Gasteiger partial charge on any atom is 0.303 e. The molecular weight excluding hydrogens is 340 g/mol. The summed E-state index contributed by atoms with van der Waals surface area (Å²) < 4.78 is 5.83. The summed E-state index contributed by atoms with van der Waals surface area (Å²) in [4.78, 5) is 19.4. The predicted molar refractivity (Wildman–Crippen MR) is 103 cm³/mol. The lowest BCUT2D eigenvalue weighted by Gasteiger charge is -2.08. The Balaban J connectivity index is 1.52. The molecule has 0 aliphatic rings. The Bertz CT molecular complexity index is 864. The summed E-state index contributed by atoms with van der Waals surface area (Å²) in [5.74, 6) is 0.0498. The summed E-state index contributed by atoms with van der Waals surface area (Å²) in [5.41, 5.74) is 3.69. The number of carboxylic acid groups (broad SMARTS) is 1. The van der Waals surface area contributed by atoms with Crippen LogP contribution in [0.4, 0.5) is 0 Å². The van der Waals surface area contributed by atoms with Gasteiger partial charge in [0.1, 0.15) is 12.4 Å². The number of carboxylic acids is 1. The fourth-order valence-electron chi connectivity index (χ4n) is 2.73. The second kappa shape index (κ2) is 9.48. The summed E-state index contributed by atoms with van der Waals surface area (Å²) in [5, 5.41) is 8.66. The molecular formula is C22H22N2O3. The predicted octanol–water partition coefficient (Wildman–Crippen LogP) is 4.52. The molecule has 0 saturated heterocycles. The van der Waals surface area contributed by atoms with Crippen LogP contribution in [0.25, 0.3) is 11.4 Å². The summed E-state index contributed by atoms with van der Waals surface area (Å²) in [6.45, 7) is 0.388. The van der Waals surface area contributed by atoms with Crippen molar-refractivity contribution in [2.45, 2.75) is 32.3 Å². The van der Waals surface area contributed by atoms with Gasteiger partial charge in [-0.3, -0.25) is 9.78 Å². The van der Waals surface area contributed by atoms with Gasteiger partial charge in [0.15, 0.2) is 0 Å². The lowest BCUT2D eigenvalue weighted by atomic mass is 10.1. The van der Waals surface area contributed by atoms with Crippen molar-refractivity contribution in [3.63, 3.8) is 0 Å². The van der Waals surface area contributed by atoms with Crippen LogP contribution in [0.15, 0.2) is 66.9 Å². The minimum absolute atomic E-state index is 0.228. The lowest BCUT2D eigenvalue weighted by molar-refractivity contribution is -0.137. The highest BCUT2D eigenvalue weighted by Gasteiger charge is 2.03. The zero-order valence-corrected chi connectivity index (χ0v) is 15.0.